The smallest absolute Gasteiger partial charge is 0.253 e. The Morgan fingerprint density at radius 1 is 0.953 bits per heavy atom. The number of aryl methyl sites for hydroxylation is 2. The lowest BCUT2D eigenvalue weighted by molar-refractivity contribution is -0.114. The predicted octanol–water partition coefficient (Wildman–Crippen LogP) is 6.20. The van der Waals surface area contributed by atoms with Crippen LogP contribution >= 0.6 is 0 Å². The molecule has 6 rings (SSSR count). The van der Waals surface area contributed by atoms with Crippen molar-refractivity contribution < 1.29 is 4.79 Å². The monoisotopic (exact) mass is 573 g/mol. The van der Waals surface area contributed by atoms with Gasteiger partial charge in [0, 0.05) is 91.2 Å². The highest BCUT2D eigenvalue weighted by Gasteiger charge is 2.23. The number of H-pyrrole nitrogens is 1. The van der Waals surface area contributed by atoms with Gasteiger partial charge in [0.2, 0.25) is 0 Å². The van der Waals surface area contributed by atoms with Crippen LogP contribution in [0.5, 0.6) is 0 Å². The third kappa shape index (κ3) is 5.12. The van der Waals surface area contributed by atoms with Crippen molar-refractivity contribution in [3.05, 3.63) is 84.3 Å². The molecular formula is C35H39N7O. The second-order valence-corrected chi connectivity index (χ2v) is 11.7. The van der Waals surface area contributed by atoms with E-state index in [1.807, 2.05) is 36.3 Å². The van der Waals surface area contributed by atoms with Gasteiger partial charge in [-0.1, -0.05) is 30.8 Å². The van der Waals surface area contributed by atoms with Crippen molar-refractivity contribution in [2.75, 3.05) is 50.1 Å². The molecule has 5 aromatic rings. The van der Waals surface area contributed by atoms with Crippen LogP contribution in [0.4, 0.5) is 11.4 Å². The molecule has 3 aromatic heterocycles. The van der Waals surface area contributed by atoms with E-state index in [4.69, 9.17) is 4.98 Å². The van der Waals surface area contributed by atoms with Gasteiger partial charge in [0.15, 0.2) is 0 Å². The van der Waals surface area contributed by atoms with Crippen LogP contribution in [0.2, 0.25) is 0 Å². The lowest BCUT2D eigenvalue weighted by atomic mass is 9.93. The minimum absolute atomic E-state index is 0.108. The van der Waals surface area contributed by atoms with E-state index in [0.717, 1.165) is 87.7 Å². The number of pyridine rings is 1. The predicted molar refractivity (Wildman–Crippen MR) is 177 cm³/mol. The Morgan fingerprint density at radius 2 is 1.67 bits per heavy atom. The molecule has 0 spiro atoms. The number of amides is 1. The summed E-state index contributed by atoms with van der Waals surface area (Å²) in [5.41, 5.74) is 11.9. The summed E-state index contributed by atoms with van der Waals surface area (Å²) in [5.74, 6) is -0.108. The van der Waals surface area contributed by atoms with E-state index in [1.165, 1.54) is 5.69 Å². The van der Waals surface area contributed by atoms with E-state index in [9.17, 15) is 4.79 Å². The molecule has 1 N–H and O–H groups in total. The van der Waals surface area contributed by atoms with Crippen molar-refractivity contribution in [3.8, 4) is 33.5 Å². The topological polar surface area (TPSA) is 73.3 Å². The van der Waals surface area contributed by atoms with Crippen LogP contribution in [0, 0.1) is 13.8 Å². The fourth-order valence-electron chi connectivity index (χ4n) is 6.03. The van der Waals surface area contributed by atoms with Crippen molar-refractivity contribution in [1.29, 1.82) is 0 Å². The Hall–Kier alpha value is -4.69. The molecule has 0 atom stereocenters. The number of fused-ring (bicyclic) bond motifs is 1. The Balaban J connectivity index is 1.53. The number of likely N-dealkylation sites (N-methyl/N-ethyl adjacent to an activating group) is 2. The average Bonchev–Trinajstić information content (AvgIpc) is 3.57. The first-order valence-electron chi connectivity index (χ1n) is 14.7. The number of aromatic amines is 1. The molecule has 0 bridgehead atoms. The Kier molecular flexibility index (Phi) is 7.40. The number of nitrogens with zero attached hydrogens (tertiary/aromatic N) is 6. The maximum Gasteiger partial charge on any atom is 0.253 e. The Labute approximate surface area is 253 Å². The molecule has 0 unspecified atom stereocenters. The Morgan fingerprint density at radius 3 is 2.33 bits per heavy atom. The van der Waals surface area contributed by atoms with E-state index in [-0.39, 0.29) is 5.91 Å². The van der Waals surface area contributed by atoms with Crippen LogP contribution in [0.25, 0.3) is 44.5 Å². The van der Waals surface area contributed by atoms with Crippen LogP contribution in [-0.4, -0.2) is 70.8 Å². The summed E-state index contributed by atoms with van der Waals surface area (Å²) in [6, 6.07) is 17.0. The molecule has 1 fully saturated rings. The minimum atomic E-state index is -0.108. The number of aromatic nitrogens is 4. The molecule has 1 aliphatic heterocycles. The summed E-state index contributed by atoms with van der Waals surface area (Å²) in [4.78, 5) is 27.9. The summed E-state index contributed by atoms with van der Waals surface area (Å²) >= 11 is 0. The van der Waals surface area contributed by atoms with E-state index < -0.39 is 0 Å². The second-order valence-electron chi connectivity index (χ2n) is 11.7. The standard InChI is InChI=1S/C35H39N7O/c1-22(2)35(43)40(6)28-10-8-9-26(19-28)32-31-23(3)29(30-21-37-41(7)24(30)4)20-36-34(31)38-33(32)25-11-13-27(14-12-25)42-17-15-39(5)16-18-42/h8-14,19-21H,1,15-18H2,2-7H3,(H,36,38). The van der Waals surface area contributed by atoms with E-state index in [1.54, 1.807) is 18.9 Å². The quantitative estimate of drug-likeness (QED) is 0.245. The zero-order chi connectivity index (χ0) is 30.4. The minimum Gasteiger partial charge on any atom is -0.369 e. The zero-order valence-corrected chi connectivity index (χ0v) is 25.9. The summed E-state index contributed by atoms with van der Waals surface area (Å²) in [6.07, 6.45) is 3.85. The van der Waals surface area contributed by atoms with Gasteiger partial charge in [-0.05, 0) is 68.8 Å². The molecule has 0 saturated carbocycles. The van der Waals surface area contributed by atoms with Gasteiger partial charge in [-0.15, -0.1) is 0 Å². The van der Waals surface area contributed by atoms with Crippen molar-refractivity contribution in [1.82, 2.24) is 24.6 Å². The van der Waals surface area contributed by atoms with Crippen molar-refractivity contribution in [2.24, 2.45) is 7.05 Å². The Bertz CT molecular complexity index is 1840. The number of rotatable bonds is 6. The number of hydrogen-bond acceptors (Lipinski definition) is 5. The average molecular weight is 574 g/mol. The van der Waals surface area contributed by atoms with Gasteiger partial charge in [-0.2, -0.15) is 5.10 Å². The summed E-state index contributed by atoms with van der Waals surface area (Å²) in [5, 5.41) is 5.55. The highest BCUT2D eigenvalue weighted by Crippen LogP contribution is 2.43. The van der Waals surface area contributed by atoms with Gasteiger partial charge in [0.25, 0.3) is 5.91 Å². The SMILES string of the molecule is C=C(C)C(=O)N(C)c1cccc(-c2c(-c3ccc(N4CCN(C)CC4)cc3)[nH]c3ncc(-c4cnn(C)c4C)c(C)c23)c1. The van der Waals surface area contributed by atoms with Crippen LogP contribution < -0.4 is 9.80 Å². The number of carbonyl (C=O) groups is 1. The fourth-order valence-corrected chi connectivity index (χ4v) is 6.03. The molecule has 0 aliphatic carbocycles. The first-order chi connectivity index (χ1) is 20.6. The van der Waals surface area contributed by atoms with Gasteiger partial charge in [-0.25, -0.2) is 4.98 Å². The molecule has 1 aliphatic rings. The first kappa shape index (κ1) is 28.4. The molecule has 8 heteroatoms. The van der Waals surface area contributed by atoms with Crippen molar-refractivity contribution in [2.45, 2.75) is 20.8 Å². The van der Waals surface area contributed by atoms with E-state index in [0.29, 0.717) is 5.57 Å². The molecule has 43 heavy (non-hydrogen) atoms. The van der Waals surface area contributed by atoms with Gasteiger partial charge in [0.05, 0.1) is 11.9 Å². The molecule has 220 valence electrons. The maximum absolute atomic E-state index is 12.8. The number of carbonyl (C=O) groups excluding carboxylic acids is 1. The van der Waals surface area contributed by atoms with Crippen molar-refractivity contribution in [3.63, 3.8) is 0 Å². The number of hydrogen-bond donors (Lipinski definition) is 1. The molecule has 0 radical (unpaired) electrons. The number of anilines is 2. The molecular weight excluding hydrogens is 534 g/mol. The molecule has 2 aromatic carbocycles. The molecule has 1 amide bonds. The van der Waals surface area contributed by atoms with Crippen LogP contribution in [0.3, 0.4) is 0 Å². The third-order valence-corrected chi connectivity index (χ3v) is 8.82. The number of piperazine rings is 1. The summed E-state index contributed by atoms with van der Waals surface area (Å²) in [7, 11) is 5.93. The number of nitrogens with one attached hydrogen (secondary N) is 1. The summed E-state index contributed by atoms with van der Waals surface area (Å²) < 4.78 is 1.89. The van der Waals surface area contributed by atoms with Gasteiger partial charge >= 0.3 is 0 Å². The van der Waals surface area contributed by atoms with Crippen LogP contribution in [-0.2, 0) is 11.8 Å². The normalized spacial score (nSPS) is 14.0. The lowest BCUT2D eigenvalue weighted by Crippen LogP contribution is -2.44. The van der Waals surface area contributed by atoms with Crippen molar-refractivity contribution >= 4 is 28.3 Å². The maximum atomic E-state index is 12.8. The second kappa shape index (κ2) is 11.2. The zero-order valence-electron chi connectivity index (χ0n) is 25.9. The molecule has 8 nitrogen and oxygen atoms in total. The lowest BCUT2D eigenvalue weighted by Gasteiger charge is -2.34. The fraction of sp³-hybridized carbons (Fsp3) is 0.286. The molecule has 1 saturated heterocycles. The van der Waals surface area contributed by atoms with Gasteiger partial charge < -0.3 is 19.7 Å². The highest BCUT2D eigenvalue weighted by atomic mass is 16.2. The number of benzene rings is 2. The third-order valence-electron chi connectivity index (χ3n) is 8.82. The van der Waals surface area contributed by atoms with Crippen LogP contribution in [0.1, 0.15) is 18.2 Å². The van der Waals surface area contributed by atoms with Gasteiger partial charge in [0.1, 0.15) is 5.65 Å². The highest BCUT2D eigenvalue weighted by molar-refractivity contribution is 6.08. The van der Waals surface area contributed by atoms with Gasteiger partial charge in [-0.3, -0.25) is 9.48 Å². The van der Waals surface area contributed by atoms with Crippen LogP contribution in [0.15, 0.2) is 73.1 Å². The van der Waals surface area contributed by atoms with E-state index in [2.05, 4.69) is 83.8 Å². The first-order valence-corrected chi connectivity index (χ1v) is 14.7. The molecule has 4 heterocycles. The van der Waals surface area contributed by atoms with E-state index >= 15 is 0 Å². The summed E-state index contributed by atoms with van der Waals surface area (Å²) in [6.45, 7) is 14.0. The largest absolute Gasteiger partial charge is 0.369 e.